The van der Waals surface area contributed by atoms with Crippen LogP contribution in [0.5, 0.6) is 0 Å². The number of amides is 1. The summed E-state index contributed by atoms with van der Waals surface area (Å²) in [5, 5.41) is 12.2. The number of hydrogen-bond acceptors (Lipinski definition) is 3. The Labute approximate surface area is 133 Å². The maximum absolute atomic E-state index is 12.2. The lowest BCUT2D eigenvalue weighted by molar-refractivity contribution is 0.0880. The first kappa shape index (κ1) is 17.5. The van der Waals surface area contributed by atoms with Crippen molar-refractivity contribution in [2.45, 2.75) is 33.2 Å². The number of nitrogens with zero attached hydrogens (tertiary/aromatic N) is 1. The molecule has 20 heavy (non-hydrogen) atoms. The Morgan fingerprint density at radius 3 is 2.45 bits per heavy atom. The van der Waals surface area contributed by atoms with Crippen molar-refractivity contribution in [3.05, 3.63) is 27.0 Å². The van der Waals surface area contributed by atoms with Crippen LogP contribution in [0.4, 0.5) is 0 Å². The number of aliphatic hydroxyl groups excluding tert-OH is 1. The van der Waals surface area contributed by atoms with Crippen molar-refractivity contribution in [3.8, 4) is 0 Å². The van der Waals surface area contributed by atoms with Gasteiger partial charge in [-0.1, -0.05) is 55.6 Å². The average Bonchev–Trinajstić information content (AvgIpc) is 2.34. The van der Waals surface area contributed by atoms with Crippen molar-refractivity contribution in [2.75, 3.05) is 6.61 Å². The minimum absolute atomic E-state index is 0.0215. The van der Waals surface area contributed by atoms with Crippen molar-refractivity contribution >= 4 is 40.7 Å². The fraction of sp³-hybridized carbons (Fsp3) is 0.538. The number of carbonyl (C=O) groups is 1. The zero-order valence-electron chi connectivity index (χ0n) is 11.5. The van der Waals surface area contributed by atoms with E-state index < -0.39 is 5.91 Å². The highest BCUT2D eigenvalue weighted by Crippen LogP contribution is 2.31. The monoisotopic (exact) mass is 338 g/mol. The second-order valence-corrected chi connectivity index (χ2v) is 6.65. The molecular weight excluding hydrogens is 323 g/mol. The Morgan fingerprint density at radius 2 is 1.95 bits per heavy atom. The fourth-order valence-corrected chi connectivity index (χ4v) is 2.25. The van der Waals surface area contributed by atoms with Crippen LogP contribution in [0.25, 0.3) is 0 Å². The van der Waals surface area contributed by atoms with Gasteiger partial charge in [0.05, 0.1) is 15.1 Å². The lowest BCUT2D eigenvalue weighted by Gasteiger charge is -2.31. The Bertz CT molecular complexity index is 501. The molecule has 0 saturated carbocycles. The van der Waals surface area contributed by atoms with Crippen LogP contribution in [-0.4, -0.2) is 28.6 Å². The number of rotatable bonds is 4. The zero-order chi connectivity index (χ0) is 15.5. The van der Waals surface area contributed by atoms with Gasteiger partial charge in [-0.2, -0.15) is 0 Å². The highest BCUT2D eigenvalue weighted by atomic mass is 35.5. The lowest BCUT2D eigenvalue weighted by atomic mass is 9.85. The van der Waals surface area contributed by atoms with Crippen molar-refractivity contribution in [3.63, 3.8) is 0 Å². The van der Waals surface area contributed by atoms with Crippen LogP contribution < -0.4 is 5.32 Å². The molecule has 4 nitrogen and oxygen atoms in total. The molecule has 1 amide bonds. The Hall–Kier alpha value is -0.550. The topological polar surface area (TPSA) is 62.2 Å². The summed E-state index contributed by atoms with van der Waals surface area (Å²) < 4.78 is 0. The molecule has 112 valence electrons. The quantitative estimate of drug-likeness (QED) is 0.881. The molecule has 1 heterocycles. The van der Waals surface area contributed by atoms with E-state index in [-0.39, 0.29) is 38.8 Å². The summed E-state index contributed by atoms with van der Waals surface area (Å²) in [5.41, 5.74) is -0.186. The van der Waals surface area contributed by atoms with Crippen molar-refractivity contribution in [1.82, 2.24) is 10.3 Å². The summed E-state index contributed by atoms with van der Waals surface area (Å²) >= 11 is 17.6. The summed E-state index contributed by atoms with van der Waals surface area (Å²) in [7, 11) is 0. The van der Waals surface area contributed by atoms with E-state index in [2.05, 4.69) is 10.3 Å². The van der Waals surface area contributed by atoms with E-state index in [1.807, 2.05) is 20.8 Å². The molecule has 0 fully saturated rings. The van der Waals surface area contributed by atoms with Gasteiger partial charge in [-0.3, -0.25) is 4.79 Å². The van der Waals surface area contributed by atoms with Crippen molar-refractivity contribution in [1.29, 1.82) is 0 Å². The molecule has 0 spiro atoms. The molecule has 0 aliphatic heterocycles. The Kier molecular flexibility index (Phi) is 6.07. The second kappa shape index (κ2) is 6.94. The van der Waals surface area contributed by atoms with Gasteiger partial charge in [0.15, 0.2) is 0 Å². The standard InChI is InChI=1S/C13H17Cl3N2O2/c1-13(2,3)8(4-5-19)18-12(20)11-10(16)9(15)7(14)6-17-11/h6,8,19H,4-5H2,1-3H3,(H,18,20). The van der Waals surface area contributed by atoms with Gasteiger partial charge < -0.3 is 10.4 Å². The number of aromatic nitrogens is 1. The first-order valence-corrected chi connectivity index (χ1v) is 7.23. The third kappa shape index (κ3) is 4.22. The third-order valence-corrected chi connectivity index (χ3v) is 4.14. The number of halogens is 3. The van der Waals surface area contributed by atoms with Crippen LogP contribution in [-0.2, 0) is 0 Å². The normalized spacial score (nSPS) is 13.2. The molecule has 0 aliphatic rings. The Morgan fingerprint density at radius 1 is 1.35 bits per heavy atom. The van der Waals surface area contributed by atoms with E-state index in [1.54, 1.807) is 0 Å². The zero-order valence-corrected chi connectivity index (χ0v) is 13.8. The largest absolute Gasteiger partial charge is 0.396 e. The maximum atomic E-state index is 12.2. The van der Waals surface area contributed by atoms with E-state index >= 15 is 0 Å². The first-order valence-electron chi connectivity index (χ1n) is 6.09. The van der Waals surface area contributed by atoms with Crippen molar-refractivity contribution < 1.29 is 9.90 Å². The van der Waals surface area contributed by atoms with Gasteiger partial charge >= 0.3 is 0 Å². The molecule has 1 aromatic heterocycles. The van der Waals surface area contributed by atoms with E-state index in [1.165, 1.54) is 6.20 Å². The number of aliphatic hydroxyl groups is 1. The number of hydrogen-bond donors (Lipinski definition) is 2. The van der Waals surface area contributed by atoms with E-state index in [0.29, 0.717) is 6.42 Å². The van der Waals surface area contributed by atoms with Gasteiger partial charge in [0, 0.05) is 18.8 Å². The van der Waals surface area contributed by atoms with Gasteiger partial charge in [-0.25, -0.2) is 4.98 Å². The summed E-state index contributed by atoms with van der Waals surface area (Å²) in [4.78, 5) is 16.1. The summed E-state index contributed by atoms with van der Waals surface area (Å²) in [6.45, 7) is 5.89. The molecule has 7 heteroatoms. The third-order valence-electron chi connectivity index (χ3n) is 2.90. The molecule has 1 atom stereocenters. The first-order chi connectivity index (χ1) is 9.18. The summed E-state index contributed by atoms with van der Waals surface area (Å²) in [6.07, 6.45) is 1.72. The minimum Gasteiger partial charge on any atom is -0.396 e. The molecule has 1 unspecified atom stereocenters. The molecule has 0 aromatic carbocycles. The van der Waals surface area contributed by atoms with Crippen LogP contribution in [0.1, 0.15) is 37.7 Å². The molecule has 0 radical (unpaired) electrons. The SMILES string of the molecule is CC(C)(C)C(CCO)NC(=O)c1ncc(Cl)c(Cl)c1Cl. The smallest absolute Gasteiger partial charge is 0.271 e. The van der Waals surface area contributed by atoms with Crippen LogP contribution in [0.2, 0.25) is 15.1 Å². The molecule has 0 bridgehead atoms. The van der Waals surface area contributed by atoms with Gasteiger partial charge in [-0.05, 0) is 11.8 Å². The van der Waals surface area contributed by atoms with Gasteiger partial charge in [0.1, 0.15) is 5.69 Å². The molecule has 0 aliphatic carbocycles. The van der Waals surface area contributed by atoms with E-state index in [0.717, 1.165) is 0 Å². The predicted molar refractivity (Wildman–Crippen MR) is 81.7 cm³/mol. The molecule has 2 N–H and O–H groups in total. The second-order valence-electron chi connectivity index (χ2n) is 5.49. The Balaban J connectivity index is 2.98. The number of nitrogens with one attached hydrogen (secondary N) is 1. The van der Waals surface area contributed by atoms with Crippen LogP contribution in [0.3, 0.4) is 0 Å². The van der Waals surface area contributed by atoms with Crippen LogP contribution in [0.15, 0.2) is 6.20 Å². The number of pyridine rings is 1. The number of carbonyl (C=O) groups excluding carboxylic acids is 1. The summed E-state index contributed by atoms with van der Waals surface area (Å²) in [5.74, 6) is -0.443. The molecule has 1 aromatic rings. The van der Waals surface area contributed by atoms with Crippen LogP contribution in [0, 0.1) is 5.41 Å². The molecule has 1 rings (SSSR count). The predicted octanol–water partition coefficient (Wildman–Crippen LogP) is 3.57. The van der Waals surface area contributed by atoms with Gasteiger partial charge in [-0.15, -0.1) is 0 Å². The van der Waals surface area contributed by atoms with Gasteiger partial charge in [0.25, 0.3) is 5.91 Å². The highest BCUT2D eigenvalue weighted by molar-refractivity contribution is 6.48. The highest BCUT2D eigenvalue weighted by Gasteiger charge is 2.27. The van der Waals surface area contributed by atoms with Crippen LogP contribution >= 0.6 is 34.8 Å². The maximum Gasteiger partial charge on any atom is 0.271 e. The summed E-state index contributed by atoms with van der Waals surface area (Å²) in [6, 6.07) is -0.215. The molecular formula is C13H17Cl3N2O2. The van der Waals surface area contributed by atoms with Crippen molar-refractivity contribution in [2.24, 2.45) is 5.41 Å². The average molecular weight is 340 g/mol. The van der Waals surface area contributed by atoms with E-state index in [9.17, 15) is 4.79 Å². The van der Waals surface area contributed by atoms with E-state index in [4.69, 9.17) is 39.9 Å². The lowest BCUT2D eigenvalue weighted by Crippen LogP contribution is -2.44. The fourth-order valence-electron chi connectivity index (χ4n) is 1.68. The minimum atomic E-state index is -0.443. The molecule has 0 saturated heterocycles. The van der Waals surface area contributed by atoms with Gasteiger partial charge in [0.2, 0.25) is 0 Å².